The molecule has 116 valence electrons. The van der Waals surface area contributed by atoms with Gasteiger partial charge in [0.15, 0.2) is 10.1 Å². The number of benzene rings is 1. The molecular weight excluding hydrogens is 324 g/mol. The SMILES string of the molecule is CCCSc1nnc(NCC(=O)c2cccc([N+](=O)[O-])c2)s1. The van der Waals surface area contributed by atoms with Gasteiger partial charge in [0.25, 0.3) is 5.69 Å². The second-order valence-electron chi connectivity index (χ2n) is 4.31. The Morgan fingerprint density at radius 1 is 1.45 bits per heavy atom. The second-order valence-corrected chi connectivity index (χ2v) is 6.63. The molecule has 0 unspecified atom stereocenters. The molecule has 22 heavy (non-hydrogen) atoms. The van der Waals surface area contributed by atoms with Crippen molar-refractivity contribution in [2.24, 2.45) is 0 Å². The van der Waals surface area contributed by atoms with Gasteiger partial charge in [-0.2, -0.15) is 0 Å². The molecule has 2 aromatic rings. The van der Waals surface area contributed by atoms with E-state index in [1.165, 1.54) is 29.5 Å². The molecule has 0 fully saturated rings. The quantitative estimate of drug-likeness (QED) is 0.341. The van der Waals surface area contributed by atoms with Gasteiger partial charge in [-0.1, -0.05) is 42.2 Å². The Morgan fingerprint density at radius 3 is 3.00 bits per heavy atom. The number of carbonyl (C=O) groups is 1. The minimum atomic E-state index is -0.522. The summed E-state index contributed by atoms with van der Waals surface area (Å²) >= 11 is 3.01. The molecule has 1 aromatic carbocycles. The number of Topliss-reactive ketones (excluding diaryl/α,β-unsaturated/α-hetero) is 1. The van der Waals surface area contributed by atoms with Crippen molar-refractivity contribution in [2.45, 2.75) is 17.7 Å². The Morgan fingerprint density at radius 2 is 2.27 bits per heavy atom. The van der Waals surface area contributed by atoms with Crippen LogP contribution in [0.25, 0.3) is 0 Å². The zero-order chi connectivity index (χ0) is 15.9. The Labute approximate surface area is 135 Å². The van der Waals surface area contributed by atoms with E-state index in [4.69, 9.17) is 0 Å². The van der Waals surface area contributed by atoms with E-state index in [0.717, 1.165) is 16.5 Å². The van der Waals surface area contributed by atoms with Crippen LogP contribution < -0.4 is 5.32 Å². The Hall–Kier alpha value is -2.00. The molecule has 0 atom stereocenters. The highest BCUT2D eigenvalue weighted by Gasteiger charge is 2.12. The van der Waals surface area contributed by atoms with Crippen molar-refractivity contribution >= 4 is 39.7 Å². The Bertz CT molecular complexity index is 675. The third-order valence-electron chi connectivity index (χ3n) is 2.62. The highest BCUT2D eigenvalue weighted by atomic mass is 32.2. The van der Waals surface area contributed by atoms with E-state index >= 15 is 0 Å². The Balaban J connectivity index is 1.93. The number of nitrogens with one attached hydrogen (secondary N) is 1. The molecular formula is C13H14N4O3S2. The van der Waals surface area contributed by atoms with E-state index in [2.05, 4.69) is 22.4 Å². The van der Waals surface area contributed by atoms with Crippen LogP contribution in [0.4, 0.5) is 10.8 Å². The van der Waals surface area contributed by atoms with Gasteiger partial charge in [0, 0.05) is 23.4 Å². The van der Waals surface area contributed by atoms with Crippen molar-refractivity contribution in [3.63, 3.8) is 0 Å². The zero-order valence-corrected chi connectivity index (χ0v) is 13.4. The molecule has 0 saturated carbocycles. The number of thioether (sulfide) groups is 1. The molecule has 0 radical (unpaired) electrons. The molecule has 0 aliphatic carbocycles. The molecule has 0 spiro atoms. The summed E-state index contributed by atoms with van der Waals surface area (Å²) in [5.74, 6) is 0.739. The summed E-state index contributed by atoms with van der Waals surface area (Å²) in [5, 5.41) is 22.1. The third kappa shape index (κ3) is 4.50. The molecule has 0 bridgehead atoms. The van der Waals surface area contributed by atoms with Crippen LogP contribution >= 0.6 is 23.1 Å². The molecule has 0 aliphatic heterocycles. The van der Waals surface area contributed by atoms with Crippen LogP contribution in [0.5, 0.6) is 0 Å². The number of anilines is 1. The molecule has 9 heteroatoms. The second kappa shape index (κ2) is 7.85. The standard InChI is InChI=1S/C13H14N4O3S2/c1-2-6-21-13-16-15-12(22-13)14-8-11(18)9-4-3-5-10(7-9)17(19)20/h3-5,7H,2,6,8H2,1H3,(H,14,15). The maximum Gasteiger partial charge on any atom is 0.270 e. The number of carbonyl (C=O) groups excluding carboxylic acids is 1. The predicted octanol–water partition coefficient (Wildman–Crippen LogP) is 3.24. The fourth-order valence-electron chi connectivity index (χ4n) is 1.58. The maximum atomic E-state index is 12.0. The summed E-state index contributed by atoms with van der Waals surface area (Å²) in [6.07, 6.45) is 1.05. The van der Waals surface area contributed by atoms with E-state index in [0.29, 0.717) is 10.7 Å². The fourth-order valence-corrected chi connectivity index (χ4v) is 3.25. The van der Waals surface area contributed by atoms with E-state index in [-0.39, 0.29) is 18.0 Å². The minimum Gasteiger partial charge on any atom is -0.353 e. The van der Waals surface area contributed by atoms with Crippen molar-refractivity contribution in [3.05, 3.63) is 39.9 Å². The molecule has 0 saturated heterocycles. The van der Waals surface area contributed by atoms with Crippen molar-refractivity contribution in [1.29, 1.82) is 0 Å². The molecule has 2 rings (SSSR count). The van der Waals surface area contributed by atoms with Crippen molar-refractivity contribution < 1.29 is 9.72 Å². The molecule has 1 heterocycles. The summed E-state index contributed by atoms with van der Waals surface area (Å²) in [4.78, 5) is 22.2. The first-order valence-corrected chi connectivity index (χ1v) is 8.38. The first-order chi connectivity index (χ1) is 10.6. The van der Waals surface area contributed by atoms with Crippen LogP contribution in [0.2, 0.25) is 0 Å². The average Bonchev–Trinajstić information content (AvgIpc) is 2.98. The number of nitro groups is 1. The number of rotatable bonds is 8. The fraction of sp³-hybridized carbons (Fsp3) is 0.308. The van der Waals surface area contributed by atoms with E-state index in [1.807, 2.05) is 0 Å². The highest BCUT2D eigenvalue weighted by molar-refractivity contribution is 8.01. The number of aromatic nitrogens is 2. The van der Waals surface area contributed by atoms with Gasteiger partial charge >= 0.3 is 0 Å². The lowest BCUT2D eigenvalue weighted by atomic mass is 10.1. The number of nitro benzene ring substituents is 1. The van der Waals surface area contributed by atoms with Gasteiger partial charge in [-0.3, -0.25) is 14.9 Å². The van der Waals surface area contributed by atoms with Crippen molar-refractivity contribution in [1.82, 2.24) is 10.2 Å². The summed E-state index contributed by atoms with van der Waals surface area (Å²) in [7, 11) is 0. The van der Waals surface area contributed by atoms with E-state index in [9.17, 15) is 14.9 Å². The smallest absolute Gasteiger partial charge is 0.270 e. The molecule has 0 amide bonds. The zero-order valence-electron chi connectivity index (χ0n) is 11.8. The van der Waals surface area contributed by atoms with Crippen LogP contribution in [-0.4, -0.2) is 33.2 Å². The van der Waals surface area contributed by atoms with Crippen LogP contribution in [0, 0.1) is 10.1 Å². The molecule has 7 nitrogen and oxygen atoms in total. The van der Waals surface area contributed by atoms with Gasteiger partial charge in [-0.25, -0.2) is 0 Å². The topological polar surface area (TPSA) is 98.0 Å². The Kier molecular flexibility index (Phi) is 5.84. The summed E-state index contributed by atoms with van der Waals surface area (Å²) in [5.41, 5.74) is 0.201. The monoisotopic (exact) mass is 338 g/mol. The van der Waals surface area contributed by atoms with Gasteiger partial charge in [-0.15, -0.1) is 10.2 Å². The normalized spacial score (nSPS) is 10.4. The van der Waals surface area contributed by atoms with Crippen LogP contribution in [0.1, 0.15) is 23.7 Å². The highest BCUT2D eigenvalue weighted by Crippen LogP contribution is 2.25. The van der Waals surface area contributed by atoms with Crippen LogP contribution in [-0.2, 0) is 0 Å². The number of ketones is 1. The van der Waals surface area contributed by atoms with E-state index < -0.39 is 4.92 Å². The predicted molar refractivity (Wildman–Crippen MR) is 86.8 cm³/mol. The van der Waals surface area contributed by atoms with Gasteiger partial charge in [-0.05, 0) is 6.42 Å². The molecule has 0 aliphatic rings. The number of non-ortho nitro benzene ring substituents is 1. The lowest BCUT2D eigenvalue weighted by molar-refractivity contribution is -0.384. The maximum absolute atomic E-state index is 12.0. The number of hydrogen-bond acceptors (Lipinski definition) is 8. The van der Waals surface area contributed by atoms with Crippen LogP contribution in [0.15, 0.2) is 28.6 Å². The first-order valence-electron chi connectivity index (χ1n) is 6.58. The summed E-state index contributed by atoms with van der Waals surface area (Å²) < 4.78 is 0.854. The largest absolute Gasteiger partial charge is 0.353 e. The van der Waals surface area contributed by atoms with Gasteiger partial charge in [0.05, 0.1) is 11.5 Å². The summed E-state index contributed by atoms with van der Waals surface area (Å²) in [6.45, 7) is 2.11. The van der Waals surface area contributed by atoms with Crippen molar-refractivity contribution in [3.8, 4) is 0 Å². The average molecular weight is 338 g/mol. The molecule has 1 aromatic heterocycles. The lowest BCUT2D eigenvalue weighted by Gasteiger charge is -2.01. The van der Waals surface area contributed by atoms with Gasteiger partial charge in [0.2, 0.25) is 5.13 Å². The number of hydrogen-bond donors (Lipinski definition) is 1. The lowest BCUT2D eigenvalue weighted by Crippen LogP contribution is -2.14. The molecule has 1 N–H and O–H groups in total. The van der Waals surface area contributed by atoms with Crippen molar-refractivity contribution in [2.75, 3.05) is 17.6 Å². The first kappa shape index (κ1) is 16.4. The third-order valence-corrected chi connectivity index (χ3v) is 4.84. The number of nitrogens with zero attached hydrogens (tertiary/aromatic N) is 3. The van der Waals surface area contributed by atoms with Crippen LogP contribution in [0.3, 0.4) is 0 Å². The van der Waals surface area contributed by atoms with E-state index in [1.54, 1.807) is 17.8 Å². The summed E-state index contributed by atoms with van der Waals surface area (Å²) in [6, 6.07) is 5.67. The minimum absolute atomic E-state index is 0.0221. The van der Waals surface area contributed by atoms with Gasteiger partial charge < -0.3 is 5.32 Å². The van der Waals surface area contributed by atoms with Gasteiger partial charge in [0.1, 0.15) is 0 Å².